The van der Waals surface area contributed by atoms with Gasteiger partial charge in [-0.1, -0.05) is 68.4 Å². The fraction of sp³-hybridized carbons (Fsp3) is 0.371. The Kier molecular flexibility index (Phi) is 11.2. The van der Waals surface area contributed by atoms with Crippen molar-refractivity contribution in [1.82, 2.24) is 20.1 Å². The number of rotatable bonds is 11. The van der Waals surface area contributed by atoms with Crippen LogP contribution >= 0.6 is 11.8 Å². The summed E-state index contributed by atoms with van der Waals surface area (Å²) in [5.41, 5.74) is 6.18. The first-order valence-electron chi connectivity index (χ1n) is 15.8. The number of hydrogen-bond donors (Lipinski definition) is 1. The lowest BCUT2D eigenvalue weighted by atomic mass is 9.95. The average molecular weight is 665 g/mol. The van der Waals surface area contributed by atoms with Crippen LogP contribution < -0.4 is 15.0 Å². The Balaban J connectivity index is 1.11. The minimum atomic E-state index is -4.74. The summed E-state index contributed by atoms with van der Waals surface area (Å²) in [5, 5.41) is 8.21. The van der Waals surface area contributed by atoms with E-state index in [1.165, 1.54) is 46.4 Å². The lowest BCUT2D eigenvalue weighted by Gasteiger charge is -2.31. The molecule has 1 unspecified atom stereocenters. The summed E-state index contributed by atoms with van der Waals surface area (Å²) in [6.07, 6.45) is 1.57. The zero-order chi connectivity index (χ0) is 33.4. The molecule has 248 valence electrons. The molecule has 0 radical (unpaired) electrons. The van der Waals surface area contributed by atoms with E-state index >= 15 is 0 Å². The highest BCUT2D eigenvalue weighted by Gasteiger charge is 2.31. The van der Waals surface area contributed by atoms with E-state index in [-0.39, 0.29) is 17.7 Å². The van der Waals surface area contributed by atoms with E-state index in [1.54, 1.807) is 11.8 Å². The second-order valence-corrected chi connectivity index (χ2v) is 12.6. The van der Waals surface area contributed by atoms with Crippen molar-refractivity contribution in [3.05, 3.63) is 89.7 Å². The van der Waals surface area contributed by atoms with E-state index in [2.05, 4.69) is 69.0 Å². The summed E-state index contributed by atoms with van der Waals surface area (Å²) >= 11 is 1.64. The number of amidine groups is 1. The van der Waals surface area contributed by atoms with Gasteiger partial charge in [-0.25, -0.2) is 14.5 Å². The van der Waals surface area contributed by atoms with Gasteiger partial charge in [-0.05, 0) is 85.5 Å². The fourth-order valence-corrected chi connectivity index (χ4v) is 6.41. The Bertz CT molecular complexity index is 1670. The summed E-state index contributed by atoms with van der Waals surface area (Å²) in [6, 6.07) is 19.7. The number of aryl methyl sites for hydroxylation is 2. The van der Waals surface area contributed by atoms with Crippen molar-refractivity contribution in [2.75, 3.05) is 23.7 Å². The molecule has 1 aliphatic rings. The molecule has 1 N–H and O–H groups in total. The number of thioether (sulfide) groups is 1. The smallest absolute Gasteiger partial charge is 0.406 e. The first-order chi connectivity index (χ1) is 22.6. The molecule has 1 aromatic heterocycles. The molecule has 0 spiro atoms. The van der Waals surface area contributed by atoms with Crippen LogP contribution in [0.25, 0.3) is 17.1 Å². The van der Waals surface area contributed by atoms with Crippen LogP contribution in [0.3, 0.4) is 0 Å². The molecule has 8 nitrogen and oxygen atoms in total. The van der Waals surface area contributed by atoms with Crippen molar-refractivity contribution >= 4 is 28.6 Å². The number of hydrogen-bond acceptors (Lipinski definition) is 5. The van der Waals surface area contributed by atoms with Gasteiger partial charge < -0.3 is 15.0 Å². The molecule has 0 aliphatic carbocycles. The van der Waals surface area contributed by atoms with Gasteiger partial charge in [0.1, 0.15) is 12.1 Å². The van der Waals surface area contributed by atoms with Crippen molar-refractivity contribution in [2.24, 2.45) is 4.99 Å². The fourth-order valence-electron chi connectivity index (χ4n) is 5.46. The molecule has 1 fully saturated rings. The van der Waals surface area contributed by atoms with Crippen molar-refractivity contribution in [3.8, 4) is 22.8 Å². The molecule has 5 rings (SSSR count). The van der Waals surface area contributed by atoms with Crippen molar-refractivity contribution in [1.29, 1.82) is 0 Å². The van der Waals surface area contributed by atoms with Gasteiger partial charge in [0, 0.05) is 30.1 Å². The van der Waals surface area contributed by atoms with Crippen molar-refractivity contribution in [3.63, 3.8) is 0 Å². The minimum Gasteiger partial charge on any atom is -0.406 e. The molecule has 3 aromatic carbocycles. The van der Waals surface area contributed by atoms with E-state index in [4.69, 9.17) is 0 Å². The number of nitrogens with one attached hydrogen (secondary N) is 1. The third-order valence-corrected chi connectivity index (χ3v) is 8.95. The van der Waals surface area contributed by atoms with E-state index in [0.29, 0.717) is 18.1 Å². The molecule has 0 saturated carbocycles. The van der Waals surface area contributed by atoms with Crippen LogP contribution in [0.1, 0.15) is 62.1 Å². The predicted octanol–water partition coefficient (Wildman–Crippen LogP) is 8.69. The number of aromatic nitrogens is 3. The van der Waals surface area contributed by atoms with Gasteiger partial charge in [0.2, 0.25) is 0 Å². The maximum atomic E-state index is 12.8. The number of anilines is 1. The molecule has 1 saturated heterocycles. The van der Waals surface area contributed by atoms with Gasteiger partial charge in [0.05, 0.1) is 5.69 Å². The number of nitrogens with zero attached hydrogens (tertiary/aromatic N) is 5. The number of amides is 2. The third-order valence-electron chi connectivity index (χ3n) is 7.89. The Morgan fingerprint density at radius 3 is 2.60 bits per heavy atom. The Morgan fingerprint density at radius 1 is 1.11 bits per heavy atom. The topological polar surface area (TPSA) is 84.6 Å². The summed E-state index contributed by atoms with van der Waals surface area (Å²) in [5.74, 6) is 1.43. The highest BCUT2D eigenvalue weighted by Crippen LogP contribution is 2.30. The number of carbonyl (C=O) groups excluding carboxylic acids is 1. The maximum absolute atomic E-state index is 12.8. The molecular weight excluding hydrogens is 625 g/mol. The number of benzene rings is 3. The standard InChI is InChI=1S/C35H39F3N6O2S/c1-4-7-27-10-9-24(2)22-31(27)43-20-6-21-47-34(43)41-33(45)39-19-5-8-25(3)26-11-13-28(14-12-26)32-40-23-44(42-32)29-15-17-30(18-16-29)46-35(36,37)38/h9-18,22-23,25H,4-8,19-21H2,1-3H3,(H,39,45)/b41-34-. The monoisotopic (exact) mass is 664 g/mol. The molecule has 0 bridgehead atoms. The molecule has 1 aliphatic heterocycles. The molecular formula is C35H39F3N6O2S. The average Bonchev–Trinajstić information content (AvgIpc) is 3.54. The number of ether oxygens (including phenoxy) is 1. The highest BCUT2D eigenvalue weighted by atomic mass is 32.2. The molecule has 12 heteroatoms. The van der Waals surface area contributed by atoms with Gasteiger partial charge in [0.15, 0.2) is 11.0 Å². The van der Waals surface area contributed by atoms with Crippen molar-refractivity contribution < 1.29 is 22.7 Å². The summed E-state index contributed by atoms with van der Waals surface area (Å²) in [7, 11) is 0. The third kappa shape index (κ3) is 9.37. The molecule has 47 heavy (non-hydrogen) atoms. The van der Waals surface area contributed by atoms with Crippen LogP contribution in [0, 0.1) is 6.92 Å². The number of carbonyl (C=O) groups is 1. The number of alkyl halides is 3. The van der Waals surface area contributed by atoms with E-state index in [0.717, 1.165) is 66.4 Å². The Labute approximate surface area is 277 Å². The van der Waals surface area contributed by atoms with Crippen LogP contribution in [0.2, 0.25) is 0 Å². The first-order valence-corrected chi connectivity index (χ1v) is 16.8. The summed E-state index contributed by atoms with van der Waals surface area (Å²) < 4.78 is 42.7. The molecule has 2 amide bonds. The highest BCUT2D eigenvalue weighted by molar-refractivity contribution is 8.14. The maximum Gasteiger partial charge on any atom is 0.573 e. The van der Waals surface area contributed by atoms with Crippen LogP contribution in [0.4, 0.5) is 23.7 Å². The van der Waals surface area contributed by atoms with Gasteiger partial charge in [-0.2, -0.15) is 4.99 Å². The molecule has 1 atom stereocenters. The quantitative estimate of drug-likeness (QED) is 0.162. The van der Waals surface area contributed by atoms with E-state index in [9.17, 15) is 18.0 Å². The Morgan fingerprint density at radius 2 is 1.87 bits per heavy atom. The molecule has 2 heterocycles. The largest absolute Gasteiger partial charge is 0.573 e. The lowest BCUT2D eigenvalue weighted by Crippen LogP contribution is -2.36. The number of urea groups is 1. The van der Waals surface area contributed by atoms with Crippen LogP contribution in [-0.2, 0) is 6.42 Å². The first kappa shape index (κ1) is 34.0. The van der Waals surface area contributed by atoms with Crippen molar-refractivity contribution in [2.45, 2.75) is 65.2 Å². The number of aliphatic imine (C=N–C) groups is 1. The summed E-state index contributed by atoms with van der Waals surface area (Å²) in [4.78, 5) is 23.8. The molecule has 4 aromatic rings. The second kappa shape index (κ2) is 15.5. The number of halogens is 3. The normalized spacial score (nSPS) is 15.1. The summed E-state index contributed by atoms with van der Waals surface area (Å²) in [6.45, 7) is 7.82. The minimum absolute atomic E-state index is 0.276. The van der Waals surface area contributed by atoms with Gasteiger partial charge in [0.25, 0.3) is 0 Å². The zero-order valence-corrected chi connectivity index (χ0v) is 27.6. The van der Waals surface area contributed by atoms with Crippen LogP contribution in [-0.4, -0.2) is 51.2 Å². The van der Waals surface area contributed by atoms with E-state index in [1.807, 2.05) is 24.3 Å². The zero-order valence-electron chi connectivity index (χ0n) is 26.8. The van der Waals surface area contributed by atoms with Gasteiger partial charge in [-0.15, -0.1) is 18.3 Å². The van der Waals surface area contributed by atoms with Gasteiger partial charge in [-0.3, -0.25) is 0 Å². The van der Waals surface area contributed by atoms with Gasteiger partial charge >= 0.3 is 12.4 Å². The van der Waals surface area contributed by atoms with E-state index < -0.39 is 6.36 Å². The van der Waals surface area contributed by atoms with Crippen LogP contribution in [0.5, 0.6) is 5.75 Å². The van der Waals surface area contributed by atoms with Crippen LogP contribution in [0.15, 0.2) is 78.0 Å². The lowest BCUT2D eigenvalue weighted by molar-refractivity contribution is -0.274. The second-order valence-electron chi connectivity index (χ2n) is 11.6. The Hall–Kier alpha value is -4.32. The predicted molar refractivity (Wildman–Crippen MR) is 182 cm³/mol. The SMILES string of the molecule is CCCc1ccc(C)cc1N1CCCS/C1=N\C(=O)NCCCC(C)c1ccc(-c2ncn(-c3ccc(OC(F)(F)F)cc3)n2)cc1.